The van der Waals surface area contributed by atoms with Gasteiger partial charge in [0.15, 0.2) is 23.0 Å². The van der Waals surface area contributed by atoms with Crippen LogP contribution in [0.3, 0.4) is 0 Å². The Labute approximate surface area is 204 Å². The van der Waals surface area contributed by atoms with Gasteiger partial charge in [-0.3, -0.25) is 14.5 Å². The summed E-state index contributed by atoms with van der Waals surface area (Å²) in [6, 6.07) is 20.1. The van der Waals surface area contributed by atoms with Gasteiger partial charge in [0.05, 0.1) is 18.7 Å². The fraction of sp³-hybridized carbons (Fsp3) is 0.0769. The molecule has 0 spiro atoms. The lowest BCUT2D eigenvalue weighted by molar-refractivity contribution is -0.117. The number of nitrogens with zero attached hydrogens (tertiary/aromatic N) is 1. The highest BCUT2D eigenvalue weighted by Crippen LogP contribution is 2.43. The van der Waals surface area contributed by atoms with Gasteiger partial charge in [0.2, 0.25) is 0 Å². The van der Waals surface area contributed by atoms with Crippen LogP contribution in [0.2, 0.25) is 0 Å². The Morgan fingerprint density at radius 2 is 1.73 bits per heavy atom. The summed E-state index contributed by atoms with van der Waals surface area (Å²) in [6.07, 6.45) is 2.98. The number of aliphatic hydroxyl groups is 1. The van der Waals surface area contributed by atoms with Crippen molar-refractivity contribution in [3.05, 3.63) is 105 Å². The Bertz CT molecular complexity index is 1270. The Kier molecular flexibility index (Phi) is 6.50. The normalized spacial score (nSPS) is 16.0. The quantitative estimate of drug-likeness (QED) is 0.324. The number of phenols is 1. The molecule has 1 aliphatic heterocycles. The number of ether oxygens (including phenoxy) is 1. The highest BCUT2D eigenvalue weighted by Gasteiger charge is 2.44. The molecule has 2 N–H and O–H groups in total. The molecule has 1 heterocycles. The summed E-state index contributed by atoms with van der Waals surface area (Å²) >= 11 is 2.16. The van der Waals surface area contributed by atoms with Crippen molar-refractivity contribution < 1.29 is 24.5 Å². The molecule has 3 aromatic carbocycles. The van der Waals surface area contributed by atoms with Gasteiger partial charge < -0.3 is 14.9 Å². The maximum absolute atomic E-state index is 13.2. The van der Waals surface area contributed by atoms with E-state index in [2.05, 4.69) is 22.6 Å². The van der Waals surface area contributed by atoms with E-state index in [1.807, 2.05) is 42.5 Å². The number of phenolic OH excluding ortho intramolecular Hbond substituents is 1. The third-order valence-electron chi connectivity index (χ3n) is 5.32. The number of aliphatic hydroxyl groups excluding tert-OH is 1. The molecule has 0 radical (unpaired) electrons. The van der Waals surface area contributed by atoms with Gasteiger partial charge in [0, 0.05) is 9.26 Å². The van der Waals surface area contributed by atoms with Crippen LogP contribution in [0.5, 0.6) is 11.5 Å². The zero-order chi connectivity index (χ0) is 23.5. The van der Waals surface area contributed by atoms with Gasteiger partial charge in [-0.1, -0.05) is 42.5 Å². The van der Waals surface area contributed by atoms with Crippen molar-refractivity contribution in [2.75, 3.05) is 12.0 Å². The number of anilines is 1. The standard InChI is InChI=1S/C26H20INO5/c1-33-22-15-17(8-14-20(22)29)24-23(21(30)13-7-16-5-3-2-4-6-16)25(31)26(32)28(24)19-11-9-18(27)10-12-19/h2-15,24,29,31H,1H3/b13-7+/t24-/m0/s1. The van der Waals surface area contributed by atoms with Crippen LogP contribution < -0.4 is 9.64 Å². The number of carbonyl (C=O) groups excluding carboxylic acids is 2. The van der Waals surface area contributed by atoms with E-state index in [-0.39, 0.29) is 17.1 Å². The van der Waals surface area contributed by atoms with Gasteiger partial charge >= 0.3 is 0 Å². The number of hydrogen-bond donors (Lipinski definition) is 2. The Balaban J connectivity index is 1.82. The highest BCUT2D eigenvalue weighted by atomic mass is 127. The van der Waals surface area contributed by atoms with E-state index >= 15 is 0 Å². The second-order valence-electron chi connectivity index (χ2n) is 7.36. The molecule has 0 unspecified atom stereocenters. The SMILES string of the molecule is COc1cc([C@H]2C(C(=O)/C=C/c3ccccc3)=C(O)C(=O)N2c2ccc(I)cc2)ccc1O. The van der Waals surface area contributed by atoms with Crippen molar-refractivity contribution in [1.82, 2.24) is 0 Å². The van der Waals surface area contributed by atoms with E-state index in [4.69, 9.17) is 4.74 Å². The van der Waals surface area contributed by atoms with Crippen molar-refractivity contribution in [2.45, 2.75) is 6.04 Å². The van der Waals surface area contributed by atoms with E-state index in [9.17, 15) is 19.8 Å². The molecule has 0 saturated heterocycles. The summed E-state index contributed by atoms with van der Waals surface area (Å²) in [4.78, 5) is 27.8. The number of amides is 1. The van der Waals surface area contributed by atoms with Crippen LogP contribution in [0.15, 0.2) is 90.2 Å². The van der Waals surface area contributed by atoms with Crippen molar-refractivity contribution in [2.24, 2.45) is 0 Å². The van der Waals surface area contributed by atoms with Crippen LogP contribution in [0, 0.1) is 3.57 Å². The van der Waals surface area contributed by atoms with Crippen LogP contribution in [-0.2, 0) is 9.59 Å². The minimum absolute atomic E-state index is 0.0431. The zero-order valence-corrected chi connectivity index (χ0v) is 19.8. The summed E-state index contributed by atoms with van der Waals surface area (Å²) in [5, 5.41) is 20.8. The van der Waals surface area contributed by atoms with Crippen LogP contribution >= 0.6 is 22.6 Å². The number of hydrogen-bond acceptors (Lipinski definition) is 5. The predicted molar refractivity (Wildman–Crippen MR) is 134 cm³/mol. The molecular formula is C26H20INO5. The number of carbonyl (C=O) groups is 2. The molecule has 7 heteroatoms. The van der Waals surface area contributed by atoms with Gasteiger partial charge in [-0.2, -0.15) is 0 Å². The summed E-state index contributed by atoms with van der Waals surface area (Å²) < 4.78 is 6.20. The first-order chi connectivity index (χ1) is 15.9. The van der Waals surface area contributed by atoms with Gasteiger partial charge in [-0.15, -0.1) is 0 Å². The number of halogens is 1. The Morgan fingerprint density at radius 3 is 2.39 bits per heavy atom. The topological polar surface area (TPSA) is 87.1 Å². The molecule has 33 heavy (non-hydrogen) atoms. The lowest BCUT2D eigenvalue weighted by atomic mass is 9.95. The molecule has 6 nitrogen and oxygen atoms in total. The van der Waals surface area contributed by atoms with E-state index in [0.717, 1.165) is 9.13 Å². The number of methoxy groups -OCH3 is 1. The van der Waals surface area contributed by atoms with Gasteiger partial charge in [-0.05, 0) is 76.2 Å². The summed E-state index contributed by atoms with van der Waals surface area (Å²) in [5.74, 6) is -1.65. The molecular weight excluding hydrogens is 533 g/mol. The number of benzene rings is 3. The summed E-state index contributed by atoms with van der Waals surface area (Å²) in [5.41, 5.74) is 1.81. The largest absolute Gasteiger partial charge is 0.504 e. The molecule has 1 amide bonds. The fourth-order valence-electron chi connectivity index (χ4n) is 3.73. The Hall–Kier alpha value is -3.59. The van der Waals surface area contributed by atoms with Crippen molar-refractivity contribution in [1.29, 1.82) is 0 Å². The second kappa shape index (κ2) is 9.50. The van der Waals surface area contributed by atoms with E-state index < -0.39 is 23.5 Å². The lowest BCUT2D eigenvalue weighted by Crippen LogP contribution is -2.30. The van der Waals surface area contributed by atoms with E-state index in [1.165, 1.54) is 24.2 Å². The summed E-state index contributed by atoms with van der Waals surface area (Å²) in [6.45, 7) is 0. The minimum Gasteiger partial charge on any atom is -0.504 e. The zero-order valence-electron chi connectivity index (χ0n) is 17.6. The van der Waals surface area contributed by atoms with Crippen LogP contribution in [0.4, 0.5) is 5.69 Å². The average Bonchev–Trinajstić information content (AvgIpc) is 3.09. The van der Waals surface area contributed by atoms with Crippen LogP contribution in [0.25, 0.3) is 6.08 Å². The lowest BCUT2D eigenvalue weighted by Gasteiger charge is -2.27. The first-order valence-corrected chi connectivity index (χ1v) is 11.1. The summed E-state index contributed by atoms with van der Waals surface area (Å²) in [7, 11) is 1.41. The third-order valence-corrected chi connectivity index (χ3v) is 6.04. The smallest absolute Gasteiger partial charge is 0.294 e. The number of allylic oxidation sites excluding steroid dienone is 1. The molecule has 4 rings (SSSR count). The van der Waals surface area contributed by atoms with Gasteiger partial charge in [0.1, 0.15) is 0 Å². The third kappa shape index (κ3) is 4.49. The van der Waals surface area contributed by atoms with Crippen molar-refractivity contribution >= 4 is 46.0 Å². The molecule has 3 aromatic rings. The average molecular weight is 553 g/mol. The molecule has 0 bridgehead atoms. The number of ketones is 1. The van der Waals surface area contributed by atoms with Crippen LogP contribution in [0.1, 0.15) is 17.2 Å². The molecule has 1 aliphatic rings. The van der Waals surface area contributed by atoms with E-state index in [1.54, 1.807) is 30.3 Å². The van der Waals surface area contributed by atoms with Gasteiger partial charge in [0.25, 0.3) is 5.91 Å². The van der Waals surface area contributed by atoms with Crippen molar-refractivity contribution in [3.63, 3.8) is 0 Å². The predicted octanol–water partition coefficient (Wildman–Crippen LogP) is 5.19. The maximum atomic E-state index is 13.2. The molecule has 0 aliphatic carbocycles. The number of aromatic hydroxyl groups is 1. The minimum atomic E-state index is -0.903. The molecule has 0 aromatic heterocycles. The van der Waals surface area contributed by atoms with E-state index in [0.29, 0.717) is 11.3 Å². The van der Waals surface area contributed by atoms with Gasteiger partial charge in [-0.25, -0.2) is 0 Å². The maximum Gasteiger partial charge on any atom is 0.294 e. The monoisotopic (exact) mass is 553 g/mol. The molecule has 0 saturated carbocycles. The first kappa shape index (κ1) is 22.6. The Morgan fingerprint density at radius 1 is 1.03 bits per heavy atom. The molecule has 166 valence electrons. The number of rotatable bonds is 6. The molecule has 1 atom stereocenters. The van der Waals surface area contributed by atoms with Crippen LogP contribution in [-0.4, -0.2) is 29.0 Å². The fourth-order valence-corrected chi connectivity index (χ4v) is 4.09. The second-order valence-corrected chi connectivity index (χ2v) is 8.60. The highest BCUT2D eigenvalue weighted by molar-refractivity contribution is 14.1. The van der Waals surface area contributed by atoms with Crippen molar-refractivity contribution in [3.8, 4) is 11.5 Å². The molecule has 0 fully saturated rings. The first-order valence-electron chi connectivity index (χ1n) is 10.1.